The van der Waals surface area contributed by atoms with Gasteiger partial charge in [-0.2, -0.15) is 5.10 Å². The molecule has 0 bridgehead atoms. The van der Waals surface area contributed by atoms with Crippen LogP contribution in [0.4, 0.5) is 0 Å². The summed E-state index contributed by atoms with van der Waals surface area (Å²) in [6, 6.07) is 8.23. The first-order valence-corrected chi connectivity index (χ1v) is 6.64. The van der Waals surface area contributed by atoms with Crippen LogP contribution in [0.5, 0.6) is 5.75 Å². The zero-order valence-corrected chi connectivity index (χ0v) is 10.4. The SMILES string of the molecule is c1cc(-c2cn[nH]c2)ccc1OCC1CCCC1. The Morgan fingerprint density at radius 1 is 1.11 bits per heavy atom. The van der Waals surface area contributed by atoms with Gasteiger partial charge in [0.1, 0.15) is 5.75 Å². The number of H-pyrrole nitrogens is 1. The number of rotatable bonds is 4. The quantitative estimate of drug-likeness (QED) is 0.888. The Morgan fingerprint density at radius 3 is 2.56 bits per heavy atom. The molecule has 1 aliphatic rings. The fourth-order valence-electron chi connectivity index (χ4n) is 2.54. The molecule has 3 heteroatoms. The van der Waals surface area contributed by atoms with Crippen molar-refractivity contribution in [2.45, 2.75) is 25.7 Å². The summed E-state index contributed by atoms with van der Waals surface area (Å²) in [7, 11) is 0. The highest BCUT2D eigenvalue weighted by Crippen LogP contribution is 2.26. The molecule has 94 valence electrons. The summed E-state index contributed by atoms with van der Waals surface area (Å²) in [6.07, 6.45) is 9.11. The lowest BCUT2D eigenvalue weighted by Crippen LogP contribution is -2.07. The van der Waals surface area contributed by atoms with Gasteiger partial charge in [-0.25, -0.2) is 0 Å². The van der Waals surface area contributed by atoms with Crippen molar-refractivity contribution in [2.24, 2.45) is 5.92 Å². The molecule has 0 aliphatic heterocycles. The molecule has 1 fully saturated rings. The Bertz CT molecular complexity index is 470. The van der Waals surface area contributed by atoms with Crippen LogP contribution in [0.1, 0.15) is 25.7 Å². The molecule has 0 atom stereocenters. The van der Waals surface area contributed by atoms with Gasteiger partial charge in [-0.15, -0.1) is 0 Å². The van der Waals surface area contributed by atoms with Crippen LogP contribution in [0.25, 0.3) is 11.1 Å². The third-order valence-electron chi connectivity index (χ3n) is 3.65. The number of nitrogens with one attached hydrogen (secondary N) is 1. The van der Waals surface area contributed by atoms with Crippen molar-refractivity contribution >= 4 is 0 Å². The van der Waals surface area contributed by atoms with E-state index in [0.717, 1.165) is 29.4 Å². The number of aromatic nitrogens is 2. The highest BCUT2D eigenvalue weighted by Gasteiger charge is 2.15. The lowest BCUT2D eigenvalue weighted by molar-refractivity contribution is 0.252. The Labute approximate surface area is 107 Å². The molecule has 0 saturated heterocycles. The molecule has 1 aromatic carbocycles. The van der Waals surface area contributed by atoms with E-state index >= 15 is 0 Å². The molecule has 3 nitrogen and oxygen atoms in total. The summed E-state index contributed by atoms with van der Waals surface area (Å²) in [6.45, 7) is 0.866. The predicted molar refractivity (Wildman–Crippen MR) is 71.5 cm³/mol. The van der Waals surface area contributed by atoms with Crippen LogP contribution in [-0.4, -0.2) is 16.8 Å². The Hall–Kier alpha value is -1.77. The minimum Gasteiger partial charge on any atom is -0.493 e. The van der Waals surface area contributed by atoms with E-state index in [2.05, 4.69) is 22.3 Å². The predicted octanol–water partition coefficient (Wildman–Crippen LogP) is 3.65. The maximum Gasteiger partial charge on any atom is 0.119 e. The topological polar surface area (TPSA) is 37.9 Å². The summed E-state index contributed by atoms with van der Waals surface area (Å²) in [5.41, 5.74) is 2.27. The number of aromatic amines is 1. The Balaban J connectivity index is 1.60. The molecule has 1 saturated carbocycles. The van der Waals surface area contributed by atoms with Crippen molar-refractivity contribution in [1.82, 2.24) is 10.2 Å². The van der Waals surface area contributed by atoms with Gasteiger partial charge in [-0.1, -0.05) is 25.0 Å². The second-order valence-electron chi connectivity index (χ2n) is 4.97. The number of benzene rings is 1. The van der Waals surface area contributed by atoms with Crippen LogP contribution < -0.4 is 4.74 Å². The zero-order valence-electron chi connectivity index (χ0n) is 10.4. The summed E-state index contributed by atoms with van der Waals surface area (Å²) < 4.78 is 5.84. The van der Waals surface area contributed by atoms with Gasteiger partial charge in [0, 0.05) is 11.8 Å². The van der Waals surface area contributed by atoms with E-state index in [4.69, 9.17) is 4.74 Å². The van der Waals surface area contributed by atoms with Crippen LogP contribution >= 0.6 is 0 Å². The van der Waals surface area contributed by atoms with Crippen molar-refractivity contribution < 1.29 is 4.74 Å². The van der Waals surface area contributed by atoms with Crippen LogP contribution in [0, 0.1) is 5.92 Å². The van der Waals surface area contributed by atoms with E-state index in [0.29, 0.717) is 0 Å². The molecule has 0 unspecified atom stereocenters. The first-order valence-electron chi connectivity index (χ1n) is 6.64. The van der Waals surface area contributed by atoms with Crippen molar-refractivity contribution in [3.05, 3.63) is 36.7 Å². The van der Waals surface area contributed by atoms with Gasteiger partial charge in [-0.05, 0) is 36.5 Å². The molecule has 1 N–H and O–H groups in total. The van der Waals surface area contributed by atoms with Crippen molar-refractivity contribution in [3.63, 3.8) is 0 Å². The molecule has 18 heavy (non-hydrogen) atoms. The minimum atomic E-state index is 0.763. The number of ether oxygens (including phenoxy) is 1. The molecule has 0 radical (unpaired) electrons. The molecular formula is C15H18N2O. The third-order valence-corrected chi connectivity index (χ3v) is 3.65. The molecule has 1 heterocycles. The van der Waals surface area contributed by atoms with E-state index < -0.39 is 0 Å². The normalized spacial score (nSPS) is 16.0. The fourth-order valence-corrected chi connectivity index (χ4v) is 2.54. The number of nitrogens with zero attached hydrogens (tertiary/aromatic N) is 1. The van der Waals surface area contributed by atoms with E-state index in [9.17, 15) is 0 Å². The smallest absolute Gasteiger partial charge is 0.119 e. The average Bonchev–Trinajstić information content (AvgIpc) is 3.10. The van der Waals surface area contributed by atoms with Crippen LogP contribution in [0.15, 0.2) is 36.7 Å². The van der Waals surface area contributed by atoms with Crippen molar-refractivity contribution in [2.75, 3.05) is 6.61 Å². The Kier molecular flexibility index (Phi) is 3.31. The molecule has 2 aromatic rings. The minimum absolute atomic E-state index is 0.763. The number of hydrogen-bond donors (Lipinski definition) is 1. The van der Waals surface area contributed by atoms with Gasteiger partial charge in [0.2, 0.25) is 0 Å². The molecule has 1 aromatic heterocycles. The molecule has 3 rings (SSSR count). The monoisotopic (exact) mass is 242 g/mol. The number of hydrogen-bond acceptors (Lipinski definition) is 2. The lowest BCUT2D eigenvalue weighted by atomic mass is 10.1. The standard InChI is InChI=1S/C15H18N2O/c1-2-4-12(3-1)11-18-15-7-5-13(6-8-15)14-9-16-17-10-14/h5-10,12H,1-4,11H2,(H,16,17). The maximum atomic E-state index is 5.84. The van der Waals surface area contributed by atoms with Crippen molar-refractivity contribution in [1.29, 1.82) is 0 Å². The van der Waals surface area contributed by atoms with Gasteiger partial charge < -0.3 is 4.74 Å². The largest absolute Gasteiger partial charge is 0.493 e. The van der Waals surface area contributed by atoms with Crippen molar-refractivity contribution in [3.8, 4) is 16.9 Å². The first kappa shape index (κ1) is 11.3. The fraction of sp³-hybridized carbons (Fsp3) is 0.400. The van der Waals surface area contributed by atoms with Gasteiger partial charge in [-0.3, -0.25) is 5.10 Å². The second kappa shape index (κ2) is 5.25. The summed E-state index contributed by atoms with van der Waals surface area (Å²) in [5.74, 6) is 1.73. The highest BCUT2D eigenvalue weighted by molar-refractivity contribution is 5.62. The highest BCUT2D eigenvalue weighted by atomic mass is 16.5. The zero-order chi connectivity index (χ0) is 12.2. The van der Waals surface area contributed by atoms with E-state index in [1.54, 1.807) is 0 Å². The van der Waals surface area contributed by atoms with Crippen LogP contribution in [0.3, 0.4) is 0 Å². The van der Waals surface area contributed by atoms with E-state index in [1.807, 2.05) is 24.5 Å². The van der Waals surface area contributed by atoms with Gasteiger partial charge in [0.05, 0.1) is 12.8 Å². The lowest BCUT2D eigenvalue weighted by Gasteiger charge is -2.11. The maximum absolute atomic E-state index is 5.84. The second-order valence-corrected chi connectivity index (χ2v) is 4.97. The summed E-state index contributed by atoms with van der Waals surface area (Å²) >= 11 is 0. The van der Waals surface area contributed by atoms with Gasteiger partial charge in [0.15, 0.2) is 0 Å². The first-order chi connectivity index (χ1) is 8.92. The van der Waals surface area contributed by atoms with Crippen LogP contribution in [-0.2, 0) is 0 Å². The molecule has 0 amide bonds. The van der Waals surface area contributed by atoms with Gasteiger partial charge in [0.25, 0.3) is 0 Å². The molecule has 0 spiro atoms. The van der Waals surface area contributed by atoms with E-state index in [-0.39, 0.29) is 0 Å². The third kappa shape index (κ3) is 2.55. The summed E-state index contributed by atoms with van der Waals surface area (Å²) in [5, 5.41) is 6.78. The molecule has 1 aliphatic carbocycles. The van der Waals surface area contributed by atoms with Gasteiger partial charge >= 0.3 is 0 Å². The Morgan fingerprint density at radius 2 is 1.89 bits per heavy atom. The summed E-state index contributed by atoms with van der Waals surface area (Å²) in [4.78, 5) is 0. The van der Waals surface area contributed by atoms with E-state index in [1.165, 1.54) is 25.7 Å². The van der Waals surface area contributed by atoms with Crippen LogP contribution in [0.2, 0.25) is 0 Å². The average molecular weight is 242 g/mol. The molecular weight excluding hydrogens is 224 g/mol.